The number of likely N-dealkylation sites (tertiary alicyclic amines) is 1. The molecule has 1 heterocycles. The molecular weight excluding hydrogens is 312 g/mol. The summed E-state index contributed by atoms with van der Waals surface area (Å²) in [5.74, 6) is 0.742. The molecule has 0 aromatic heterocycles. The highest BCUT2D eigenvalue weighted by Crippen LogP contribution is 2.40. The molecule has 0 amide bonds. The van der Waals surface area contributed by atoms with E-state index in [-0.39, 0.29) is 0 Å². The van der Waals surface area contributed by atoms with Gasteiger partial charge in [0.2, 0.25) is 0 Å². The minimum atomic E-state index is 0.723. The zero-order valence-electron chi connectivity index (χ0n) is 12.5. The molecule has 1 aromatic rings. The molecule has 0 bridgehead atoms. The number of nitrogens with one attached hydrogen (secondary N) is 1. The number of benzene rings is 1. The Hall–Kier alpha value is -0.380. The molecule has 110 valence electrons. The van der Waals surface area contributed by atoms with E-state index in [4.69, 9.17) is 0 Å². The van der Waals surface area contributed by atoms with E-state index in [0.717, 1.165) is 24.0 Å². The van der Waals surface area contributed by atoms with Crippen LogP contribution in [-0.4, -0.2) is 36.6 Å². The Balaban J connectivity index is 1.48. The van der Waals surface area contributed by atoms with E-state index < -0.39 is 0 Å². The summed E-state index contributed by atoms with van der Waals surface area (Å²) >= 11 is 3.68. The van der Waals surface area contributed by atoms with Gasteiger partial charge in [-0.3, -0.25) is 0 Å². The van der Waals surface area contributed by atoms with Crippen molar-refractivity contribution in [1.29, 1.82) is 0 Å². The minimum absolute atomic E-state index is 0.723. The number of rotatable bonds is 3. The van der Waals surface area contributed by atoms with E-state index in [1.807, 2.05) is 0 Å². The van der Waals surface area contributed by atoms with E-state index in [9.17, 15) is 0 Å². The Morgan fingerprint density at radius 2 is 1.90 bits per heavy atom. The van der Waals surface area contributed by atoms with Crippen LogP contribution in [0.5, 0.6) is 0 Å². The molecule has 0 spiro atoms. The second kappa shape index (κ2) is 6.17. The van der Waals surface area contributed by atoms with Crippen molar-refractivity contribution in [2.24, 2.45) is 0 Å². The van der Waals surface area contributed by atoms with Crippen LogP contribution in [0.25, 0.3) is 0 Å². The lowest BCUT2D eigenvalue weighted by Gasteiger charge is -2.42. The summed E-state index contributed by atoms with van der Waals surface area (Å²) in [5.41, 5.74) is 1.49. The van der Waals surface area contributed by atoms with Gasteiger partial charge >= 0.3 is 0 Å². The Labute approximate surface area is 131 Å². The summed E-state index contributed by atoms with van der Waals surface area (Å²) in [5, 5.41) is 3.88. The van der Waals surface area contributed by atoms with E-state index in [0.29, 0.717) is 0 Å². The highest BCUT2D eigenvalue weighted by Gasteiger charge is 2.33. The summed E-state index contributed by atoms with van der Waals surface area (Å²) in [6.07, 6.45) is 5.19. The molecule has 2 aliphatic rings. The fraction of sp³-hybridized carbons (Fsp3) is 0.647. The highest BCUT2D eigenvalue weighted by atomic mass is 79.9. The van der Waals surface area contributed by atoms with Gasteiger partial charge in [0.15, 0.2) is 0 Å². The van der Waals surface area contributed by atoms with Crippen LogP contribution in [0.3, 0.4) is 0 Å². The maximum Gasteiger partial charge on any atom is 0.0210 e. The first-order valence-electron chi connectivity index (χ1n) is 7.84. The van der Waals surface area contributed by atoms with Crippen LogP contribution in [0.1, 0.15) is 44.1 Å². The first kappa shape index (κ1) is 14.6. The Morgan fingerprint density at radius 1 is 1.15 bits per heavy atom. The first-order valence-corrected chi connectivity index (χ1v) is 8.63. The maximum absolute atomic E-state index is 3.88. The van der Waals surface area contributed by atoms with Crippen LogP contribution in [0.4, 0.5) is 0 Å². The molecular formula is C17H25BrN2. The second-order valence-electron chi connectivity index (χ2n) is 6.60. The van der Waals surface area contributed by atoms with Crippen molar-refractivity contribution in [2.75, 3.05) is 13.6 Å². The molecule has 1 saturated heterocycles. The molecule has 20 heavy (non-hydrogen) atoms. The SMILES string of the molecule is CC1CC(NC2CC(c3ccccc3Br)C2)CCN1C. The molecule has 1 N–H and O–H groups in total. The van der Waals surface area contributed by atoms with Crippen molar-refractivity contribution < 1.29 is 0 Å². The Bertz CT molecular complexity index is 456. The third kappa shape index (κ3) is 3.10. The Morgan fingerprint density at radius 3 is 2.60 bits per heavy atom. The van der Waals surface area contributed by atoms with Crippen molar-refractivity contribution in [3.63, 3.8) is 0 Å². The van der Waals surface area contributed by atoms with Crippen molar-refractivity contribution in [3.05, 3.63) is 34.3 Å². The van der Waals surface area contributed by atoms with Gasteiger partial charge < -0.3 is 10.2 Å². The predicted octanol–water partition coefficient (Wildman–Crippen LogP) is 3.77. The van der Waals surface area contributed by atoms with E-state index in [1.54, 1.807) is 0 Å². The van der Waals surface area contributed by atoms with Gasteiger partial charge in [0.05, 0.1) is 0 Å². The summed E-state index contributed by atoms with van der Waals surface area (Å²) in [6, 6.07) is 10.9. The molecule has 1 aliphatic heterocycles. The standard InChI is InChI=1S/C17H25BrN2/c1-12-9-14(7-8-20(12)2)19-15-10-13(11-15)16-5-3-4-6-17(16)18/h3-6,12-15,19H,7-11H2,1-2H3. The summed E-state index contributed by atoms with van der Waals surface area (Å²) in [7, 11) is 2.24. The zero-order chi connectivity index (χ0) is 14.1. The average Bonchev–Trinajstić information content (AvgIpc) is 2.39. The van der Waals surface area contributed by atoms with Crippen molar-refractivity contribution in [3.8, 4) is 0 Å². The zero-order valence-corrected chi connectivity index (χ0v) is 14.1. The molecule has 2 atom stereocenters. The molecule has 0 radical (unpaired) electrons. The lowest BCUT2D eigenvalue weighted by molar-refractivity contribution is 0.146. The van der Waals surface area contributed by atoms with Crippen LogP contribution >= 0.6 is 15.9 Å². The maximum atomic E-state index is 3.88. The van der Waals surface area contributed by atoms with Crippen LogP contribution < -0.4 is 5.32 Å². The molecule has 1 aromatic carbocycles. The van der Waals surface area contributed by atoms with E-state index in [2.05, 4.69) is 64.4 Å². The van der Waals surface area contributed by atoms with Crippen LogP contribution in [0.15, 0.2) is 28.7 Å². The molecule has 2 nitrogen and oxygen atoms in total. The number of halogens is 1. The van der Waals surface area contributed by atoms with Crippen LogP contribution in [0.2, 0.25) is 0 Å². The monoisotopic (exact) mass is 336 g/mol. The van der Waals surface area contributed by atoms with Gasteiger partial charge in [0, 0.05) is 22.6 Å². The number of nitrogens with zero attached hydrogens (tertiary/aromatic N) is 1. The predicted molar refractivity (Wildman–Crippen MR) is 88.2 cm³/mol. The third-order valence-corrected chi connectivity index (χ3v) is 5.89. The van der Waals surface area contributed by atoms with Crippen LogP contribution in [0, 0.1) is 0 Å². The topological polar surface area (TPSA) is 15.3 Å². The fourth-order valence-corrected chi connectivity index (χ4v) is 4.20. The molecule has 1 saturated carbocycles. The van der Waals surface area contributed by atoms with Gasteiger partial charge in [0.1, 0.15) is 0 Å². The fourth-order valence-electron chi connectivity index (χ4n) is 3.59. The smallest absolute Gasteiger partial charge is 0.0210 e. The van der Waals surface area contributed by atoms with Gasteiger partial charge in [0.25, 0.3) is 0 Å². The molecule has 3 rings (SSSR count). The number of piperidine rings is 1. The molecule has 2 unspecified atom stereocenters. The minimum Gasteiger partial charge on any atom is -0.311 e. The second-order valence-corrected chi connectivity index (χ2v) is 7.46. The first-order chi connectivity index (χ1) is 9.63. The lowest BCUT2D eigenvalue weighted by Crippen LogP contribution is -2.51. The quantitative estimate of drug-likeness (QED) is 0.903. The van der Waals surface area contributed by atoms with Crippen molar-refractivity contribution >= 4 is 15.9 Å². The Kier molecular flexibility index (Phi) is 4.49. The van der Waals surface area contributed by atoms with Gasteiger partial charge in [-0.25, -0.2) is 0 Å². The van der Waals surface area contributed by atoms with Gasteiger partial charge in [-0.15, -0.1) is 0 Å². The van der Waals surface area contributed by atoms with Crippen molar-refractivity contribution in [2.45, 2.75) is 56.7 Å². The highest BCUT2D eigenvalue weighted by molar-refractivity contribution is 9.10. The molecule has 2 fully saturated rings. The summed E-state index contributed by atoms with van der Waals surface area (Å²) in [6.45, 7) is 3.58. The average molecular weight is 337 g/mol. The van der Waals surface area contributed by atoms with Gasteiger partial charge in [-0.1, -0.05) is 34.1 Å². The summed E-state index contributed by atoms with van der Waals surface area (Å²) in [4.78, 5) is 2.48. The normalized spacial score (nSPS) is 34.8. The molecule has 1 aliphatic carbocycles. The lowest BCUT2D eigenvalue weighted by atomic mass is 9.75. The third-order valence-electron chi connectivity index (χ3n) is 5.16. The molecule has 3 heteroatoms. The largest absolute Gasteiger partial charge is 0.311 e. The van der Waals surface area contributed by atoms with Crippen LogP contribution in [-0.2, 0) is 0 Å². The van der Waals surface area contributed by atoms with Crippen molar-refractivity contribution in [1.82, 2.24) is 10.2 Å². The summed E-state index contributed by atoms with van der Waals surface area (Å²) < 4.78 is 1.27. The van der Waals surface area contributed by atoms with E-state index in [1.165, 1.54) is 42.3 Å². The number of hydrogen-bond acceptors (Lipinski definition) is 2. The number of hydrogen-bond donors (Lipinski definition) is 1. The van der Waals surface area contributed by atoms with E-state index >= 15 is 0 Å². The van der Waals surface area contributed by atoms with Gasteiger partial charge in [-0.05, 0) is 63.7 Å². The van der Waals surface area contributed by atoms with Gasteiger partial charge in [-0.2, -0.15) is 0 Å².